The summed E-state index contributed by atoms with van der Waals surface area (Å²) in [5, 5.41) is 0. The molecule has 2 aromatic carbocycles. The van der Waals surface area contributed by atoms with Gasteiger partial charge in [-0.05, 0) is 49.8 Å². The predicted molar refractivity (Wildman–Crippen MR) is 124 cm³/mol. The molecule has 1 fully saturated rings. The summed E-state index contributed by atoms with van der Waals surface area (Å²) in [6, 6.07) is 14.6. The van der Waals surface area contributed by atoms with Gasteiger partial charge in [-0.3, -0.25) is 9.59 Å². The fourth-order valence-electron chi connectivity index (χ4n) is 4.43. The zero-order chi connectivity index (χ0) is 22.7. The number of aromatic amines is 1. The van der Waals surface area contributed by atoms with Crippen molar-refractivity contribution in [3.05, 3.63) is 77.2 Å². The van der Waals surface area contributed by atoms with Crippen LogP contribution in [-0.2, 0) is 11.2 Å². The Morgan fingerprint density at radius 2 is 1.97 bits per heavy atom. The van der Waals surface area contributed by atoms with Gasteiger partial charge in [0.05, 0.1) is 17.8 Å². The van der Waals surface area contributed by atoms with Gasteiger partial charge in [-0.1, -0.05) is 42.5 Å². The second-order valence-electron chi connectivity index (χ2n) is 8.40. The molecular weight excluding hydrogens is 402 g/mol. The van der Waals surface area contributed by atoms with E-state index in [2.05, 4.69) is 4.98 Å². The van der Waals surface area contributed by atoms with E-state index < -0.39 is 11.9 Å². The van der Waals surface area contributed by atoms with Gasteiger partial charge in [0.1, 0.15) is 5.82 Å². The van der Waals surface area contributed by atoms with Gasteiger partial charge in [-0.2, -0.15) is 0 Å². The number of hydrogen-bond donors (Lipinski definition) is 3. The summed E-state index contributed by atoms with van der Waals surface area (Å²) in [6.45, 7) is 2.50. The quantitative estimate of drug-likeness (QED) is 0.556. The summed E-state index contributed by atoms with van der Waals surface area (Å²) in [7, 11) is 0. The van der Waals surface area contributed by atoms with Gasteiger partial charge in [0.25, 0.3) is 0 Å². The highest BCUT2D eigenvalue weighted by Crippen LogP contribution is 2.31. The highest BCUT2D eigenvalue weighted by Gasteiger charge is 2.32. The van der Waals surface area contributed by atoms with E-state index in [-0.39, 0.29) is 11.9 Å². The van der Waals surface area contributed by atoms with Gasteiger partial charge in [0.15, 0.2) is 0 Å². The molecule has 4 rings (SSSR count). The number of primary amides is 1. The molecule has 2 heterocycles. The van der Waals surface area contributed by atoms with E-state index in [0.29, 0.717) is 18.5 Å². The number of nitrogens with one attached hydrogen (secondary N) is 1. The number of imidazole rings is 1. The van der Waals surface area contributed by atoms with Crippen LogP contribution in [0.15, 0.2) is 54.7 Å². The average Bonchev–Trinajstić information content (AvgIpc) is 3.29. The fourth-order valence-corrected chi connectivity index (χ4v) is 4.43. The first-order chi connectivity index (χ1) is 15.4. The van der Waals surface area contributed by atoms with Crippen molar-refractivity contribution in [3.63, 3.8) is 0 Å². The number of nitrogens with two attached hydrogens (primary N) is 2. The first-order valence-electron chi connectivity index (χ1n) is 11.0. The number of hydrogen-bond acceptors (Lipinski definition) is 4. The van der Waals surface area contributed by atoms with Crippen LogP contribution in [0, 0.1) is 6.92 Å². The molecule has 0 radical (unpaired) electrons. The number of rotatable bonds is 6. The number of carbonyl (C=O) groups excluding carboxylic acids is 2. The SMILES string of the molecule is Cc1cc(CC(N)C(=O)N2CCCCC2c2nc(-c3ccccc3)c[nH]2)ccc1C(N)=O. The Morgan fingerprint density at radius 1 is 1.19 bits per heavy atom. The van der Waals surface area contributed by atoms with E-state index in [4.69, 9.17) is 16.5 Å². The van der Waals surface area contributed by atoms with Crippen molar-refractivity contribution >= 4 is 11.8 Å². The molecule has 3 aromatic rings. The lowest BCUT2D eigenvalue weighted by Crippen LogP contribution is -2.48. The third-order valence-electron chi connectivity index (χ3n) is 6.10. The van der Waals surface area contributed by atoms with E-state index in [0.717, 1.165) is 47.5 Å². The van der Waals surface area contributed by atoms with Crippen LogP contribution in [0.4, 0.5) is 0 Å². The maximum Gasteiger partial charge on any atom is 0.248 e. The standard InChI is InChI=1S/C25H29N5O2/c1-16-13-17(10-11-19(16)23(27)31)14-20(26)25(32)30-12-6-5-9-22(30)24-28-15-21(29-24)18-7-3-2-4-8-18/h2-4,7-8,10-11,13,15,20,22H,5-6,9,12,14,26H2,1H3,(H2,27,31)(H,28,29). The summed E-state index contributed by atoms with van der Waals surface area (Å²) in [6.07, 6.45) is 5.14. The van der Waals surface area contributed by atoms with Crippen molar-refractivity contribution in [2.75, 3.05) is 6.54 Å². The Bertz CT molecular complexity index is 1110. The number of benzene rings is 2. The molecule has 1 aromatic heterocycles. The van der Waals surface area contributed by atoms with Crippen LogP contribution in [0.2, 0.25) is 0 Å². The molecule has 0 spiro atoms. The lowest BCUT2D eigenvalue weighted by atomic mass is 9.97. The summed E-state index contributed by atoms with van der Waals surface area (Å²) < 4.78 is 0. The summed E-state index contributed by atoms with van der Waals surface area (Å²) in [5.41, 5.74) is 15.8. The first kappa shape index (κ1) is 21.8. The Labute approximate surface area is 187 Å². The van der Waals surface area contributed by atoms with Crippen LogP contribution in [-0.4, -0.2) is 39.3 Å². The molecule has 5 N–H and O–H groups in total. The number of nitrogens with zero attached hydrogens (tertiary/aromatic N) is 2. The minimum absolute atomic E-state index is 0.0796. The number of piperidine rings is 1. The number of carbonyl (C=O) groups is 2. The van der Waals surface area contributed by atoms with Crippen LogP contribution in [0.3, 0.4) is 0 Å². The van der Waals surface area contributed by atoms with E-state index in [1.165, 1.54) is 0 Å². The topological polar surface area (TPSA) is 118 Å². The van der Waals surface area contributed by atoms with Crippen molar-refractivity contribution in [1.29, 1.82) is 0 Å². The van der Waals surface area contributed by atoms with Crippen LogP contribution in [0.5, 0.6) is 0 Å². The highest BCUT2D eigenvalue weighted by atomic mass is 16.2. The number of aromatic nitrogens is 2. The lowest BCUT2D eigenvalue weighted by Gasteiger charge is -2.36. The lowest BCUT2D eigenvalue weighted by molar-refractivity contribution is -0.136. The molecule has 1 aliphatic rings. The minimum Gasteiger partial charge on any atom is -0.366 e. The molecule has 1 aliphatic heterocycles. The predicted octanol–water partition coefficient (Wildman–Crippen LogP) is 3.11. The smallest absolute Gasteiger partial charge is 0.248 e. The maximum atomic E-state index is 13.3. The Kier molecular flexibility index (Phi) is 6.37. The van der Waals surface area contributed by atoms with Gasteiger partial charge in [0, 0.05) is 23.9 Å². The third-order valence-corrected chi connectivity index (χ3v) is 6.10. The molecule has 1 saturated heterocycles. The molecule has 2 amide bonds. The Balaban J connectivity index is 1.50. The Morgan fingerprint density at radius 3 is 2.69 bits per heavy atom. The molecule has 7 nitrogen and oxygen atoms in total. The van der Waals surface area contributed by atoms with E-state index in [1.54, 1.807) is 6.07 Å². The van der Waals surface area contributed by atoms with Crippen molar-refractivity contribution < 1.29 is 9.59 Å². The summed E-state index contributed by atoms with van der Waals surface area (Å²) in [4.78, 5) is 34.7. The van der Waals surface area contributed by atoms with E-state index in [9.17, 15) is 9.59 Å². The molecule has 166 valence electrons. The first-order valence-corrected chi connectivity index (χ1v) is 11.0. The van der Waals surface area contributed by atoms with E-state index >= 15 is 0 Å². The van der Waals surface area contributed by atoms with Gasteiger partial charge in [0.2, 0.25) is 11.8 Å². The molecule has 0 aliphatic carbocycles. The molecule has 2 unspecified atom stereocenters. The van der Waals surface area contributed by atoms with Gasteiger partial charge in [-0.15, -0.1) is 0 Å². The van der Waals surface area contributed by atoms with Crippen LogP contribution < -0.4 is 11.5 Å². The minimum atomic E-state index is -0.669. The molecule has 0 saturated carbocycles. The average molecular weight is 432 g/mol. The normalized spacial score (nSPS) is 17.2. The number of H-pyrrole nitrogens is 1. The van der Waals surface area contributed by atoms with Gasteiger partial charge in [-0.25, -0.2) is 4.98 Å². The van der Waals surface area contributed by atoms with E-state index in [1.807, 2.05) is 60.5 Å². The number of likely N-dealkylation sites (tertiary alicyclic amines) is 1. The van der Waals surface area contributed by atoms with Crippen molar-refractivity contribution in [3.8, 4) is 11.3 Å². The number of aryl methyl sites for hydroxylation is 1. The molecule has 0 bridgehead atoms. The number of amides is 2. The molecule has 7 heteroatoms. The second-order valence-corrected chi connectivity index (χ2v) is 8.40. The molecular formula is C25H29N5O2. The zero-order valence-electron chi connectivity index (χ0n) is 18.3. The second kappa shape index (κ2) is 9.36. The summed E-state index contributed by atoms with van der Waals surface area (Å²) >= 11 is 0. The van der Waals surface area contributed by atoms with Crippen molar-refractivity contribution in [1.82, 2.24) is 14.9 Å². The van der Waals surface area contributed by atoms with Crippen molar-refractivity contribution in [2.45, 2.75) is 44.7 Å². The largest absolute Gasteiger partial charge is 0.366 e. The molecule has 32 heavy (non-hydrogen) atoms. The van der Waals surface area contributed by atoms with Gasteiger partial charge >= 0.3 is 0 Å². The maximum absolute atomic E-state index is 13.3. The zero-order valence-corrected chi connectivity index (χ0v) is 18.3. The van der Waals surface area contributed by atoms with Crippen LogP contribution in [0.1, 0.15) is 52.6 Å². The highest BCUT2D eigenvalue weighted by molar-refractivity contribution is 5.94. The third kappa shape index (κ3) is 4.57. The monoisotopic (exact) mass is 431 g/mol. The van der Waals surface area contributed by atoms with Gasteiger partial charge < -0.3 is 21.4 Å². The van der Waals surface area contributed by atoms with Crippen LogP contribution >= 0.6 is 0 Å². The summed E-state index contributed by atoms with van der Waals surface area (Å²) in [5.74, 6) is 0.258. The molecule has 2 atom stereocenters. The van der Waals surface area contributed by atoms with Crippen LogP contribution in [0.25, 0.3) is 11.3 Å². The fraction of sp³-hybridized carbons (Fsp3) is 0.320. The Hall–Kier alpha value is -3.45. The van der Waals surface area contributed by atoms with Crippen molar-refractivity contribution in [2.24, 2.45) is 11.5 Å².